The van der Waals surface area contributed by atoms with Gasteiger partial charge in [0.15, 0.2) is 0 Å². The molecule has 1 fully saturated rings. The number of nitrogens with one attached hydrogen (secondary N) is 1. The van der Waals surface area contributed by atoms with Crippen LogP contribution in [0.1, 0.15) is 25.3 Å². The van der Waals surface area contributed by atoms with Gasteiger partial charge in [-0.15, -0.1) is 0 Å². The fourth-order valence-electron chi connectivity index (χ4n) is 4.97. The van der Waals surface area contributed by atoms with Crippen LogP contribution in [0.4, 0.5) is 11.6 Å². The first-order valence-electron chi connectivity index (χ1n) is 11.4. The Morgan fingerprint density at radius 3 is 2.76 bits per heavy atom. The minimum absolute atomic E-state index is 0.00507. The van der Waals surface area contributed by atoms with Crippen molar-refractivity contribution in [2.45, 2.75) is 31.4 Å². The molecule has 0 aliphatic carbocycles. The first kappa shape index (κ1) is 19.9. The number of anilines is 2. The van der Waals surface area contributed by atoms with Crippen LogP contribution in [-0.2, 0) is 14.3 Å². The van der Waals surface area contributed by atoms with Gasteiger partial charge in [-0.25, -0.2) is 4.98 Å². The molecule has 0 unspecified atom stereocenters. The molecule has 3 heterocycles. The maximum atomic E-state index is 13.5. The zero-order chi connectivity index (χ0) is 22.4. The third kappa shape index (κ3) is 3.45. The number of imidazole rings is 1. The summed E-state index contributed by atoms with van der Waals surface area (Å²) in [6, 6.07) is 20.8. The molecule has 2 aliphatic heterocycles. The number of hydrogen-bond acceptors (Lipinski definition) is 4. The van der Waals surface area contributed by atoms with Crippen molar-refractivity contribution in [3.63, 3.8) is 0 Å². The van der Waals surface area contributed by atoms with E-state index in [1.807, 2.05) is 71.3 Å². The number of para-hydroxylation sites is 2. The molecule has 0 bridgehead atoms. The molecule has 4 aromatic rings. The molecule has 166 valence electrons. The fourth-order valence-corrected chi connectivity index (χ4v) is 4.97. The highest BCUT2D eigenvalue weighted by Gasteiger charge is 2.42. The van der Waals surface area contributed by atoms with E-state index in [-0.39, 0.29) is 24.3 Å². The van der Waals surface area contributed by atoms with Gasteiger partial charge >= 0.3 is 0 Å². The van der Waals surface area contributed by atoms with E-state index < -0.39 is 6.04 Å². The minimum atomic E-state index is -0.635. The molecule has 0 radical (unpaired) electrons. The third-order valence-electron chi connectivity index (χ3n) is 6.53. The molecule has 0 saturated carbocycles. The maximum absolute atomic E-state index is 13.5. The number of ether oxygens (including phenoxy) is 1. The molecule has 33 heavy (non-hydrogen) atoms. The monoisotopic (exact) mass is 440 g/mol. The molecule has 2 aliphatic rings. The van der Waals surface area contributed by atoms with Gasteiger partial charge < -0.3 is 10.1 Å². The average molecular weight is 441 g/mol. The average Bonchev–Trinajstić information content (AvgIpc) is 3.53. The van der Waals surface area contributed by atoms with Crippen molar-refractivity contribution in [3.8, 4) is 0 Å². The smallest absolute Gasteiger partial charge is 0.253 e. The van der Waals surface area contributed by atoms with Crippen molar-refractivity contribution in [2.24, 2.45) is 0 Å². The van der Waals surface area contributed by atoms with Crippen LogP contribution in [0.3, 0.4) is 0 Å². The van der Waals surface area contributed by atoms with Gasteiger partial charge in [0.05, 0.1) is 30.1 Å². The van der Waals surface area contributed by atoms with Crippen LogP contribution in [0.25, 0.3) is 21.8 Å². The van der Waals surface area contributed by atoms with E-state index in [4.69, 9.17) is 9.72 Å². The highest BCUT2D eigenvalue weighted by atomic mass is 16.5. The Morgan fingerprint density at radius 1 is 1.06 bits per heavy atom. The standard InChI is InChI=1S/C26H24N4O3/c31-24(27-20-12-5-8-17-7-1-2-10-19(17)20)15-23-25(32)29(16-18-9-6-14-33-18)26-28-21-11-3-4-13-22(21)30(23)26/h1-5,7-8,10-13,18,23H,6,9,14-16H2,(H,27,31)/t18-,23+/m1/s1. The van der Waals surface area contributed by atoms with E-state index in [2.05, 4.69) is 5.32 Å². The summed E-state index contributed by atoms with van der Waals surface area (Å²) in [5.74, 6) is 0.291. The van der Waals surface area contributed by atoms with E-state index in [1.54, 1.807) is 4.90 Å². The second-order valence-corrected chi connectivity index (χ2v) is 8.65. The second kappa shape index (κ2) is 8.01. The Bertz CT molecular complexity index is 1370. The number of rotatable bonds is 5. The lowest BCUT2D eigenvalue weighted by Crippen LogP contribution is -2.37. The molecular weight excluding hydrogens is 416 g/mol. The highest BCUT2D eigenvalue weighted by molar-refractivity contribution is 6.07. The molecule has 1 saturated heterocycles. The number of amides is 2. The third-order valence-corrected chi connectivity index (χ3v) is 6.53. The Labute approximate surface area is 191 Å². The molecule has 2 amide bonds. The Morgan fingerprint density at radius 2 is 1.88 bits per heavy atom. The SMILES string of the molecule is O=C(C[C@H]1C(=O)N(C[C@H]2CCCO2)c2nc3ccccc3n21)Nc1cccc2ccccc12. The van der Waals surface area contributed by atoms with Crippen molar-refractivity contribution >= 4 is 45.3 Å². The van der Waals surface area contributed by atoms with Crippen LogP contribution >= 0.6 is 0 Å². The zero-order valence-electron chi connectivity index (χ0n) is 18.1. The highest BCUT2D eigenvalue weighted by Crippen LogP contribution is 2.37. The van der Waals surface area contributed by atoms with E-state index in [0.29, 0.717) is 12.5 Å². The zero-order valence-corrected chi connectivity index (χ0v) is 18.1. The van der Waals surface area contributed by atoms with Crippen molar-refractivity contribution in [2.75, 3.05) is 23.4 Å². The van der Waals surface area contributed by atoms with Gasteiger partial charge in [-0.05, 0) is 36.4 Å². The van der Waals surface area contributed by atoms with Gasteiger partial charge in [-0.3, -0.25) is 19.1 Å². The first-order chi connectivity index (χ1) is 16.2. The van der Waals surface area contributed by atoms with Gasteiger partial charge in [-0.1, -0.05) is 48.5 Å². The summed E-state index contributed by atoms with van der Waals surface area (Å²) in [7, 11) is 0. The quantitative estimate of drug-likeness (QED) is 0.502. The van der Waals surface area contributed by atoms with Crippen LogP contribution in [0.2, 0.25) is 0 Å². The molecule has 3 aromatic carbocycles. The van der Waals surface area contributed by atoms with Gasteiger partial charge in [0, 0.05) is 17.7 Å². The number of nitrogens with zero attached hydrogens (tertiary/aromatic N) is 3. The molecule has 0 spiro atoms. The number of benzene rings is 3. The molecule has 6 rings (SSSR count). The van der Waals surface area contributed by atoms with Crippen molar-refractivity contribution in [1.29, 1.82) is 0 Å². The second-order valence-electron chi connectivity index (χ2n) is 8.65. The number of fused-ring (bicyclic) bond motifs is 4. The van der Waals surface area contributed by atoms with E-state index in [1.165, 1.54) is 0 Å². The molecule has 2 atom stereocenters. The topological polar surface area (TPSA) is 76.5 Å². The van der Waals surface area contributed by atoms with Crippen molar-refractivity contribution < 1.29 is 14.3 Å². The molecule has 7 nitrogen and oxygen atoms in total. The van der Waals surface area contributed by atoms with E-state index >= 15 is 0 Å². The number of hydrogen-bond donors (Lipinski definition) is 1. The summed E-state index contributed by atoms with van der Waals surface area (Å²) in [4.78, 5) is 33.1. The maximum Gasteiger partial charge on any atom is 0.253 e. The lowest BCUT2D eigenvalue weighted by molar-refractivity contribution is -0.124. The summed E-state index contributed by atoms with van der Waals surface area (Å²) in [6.45, 7) is 1.18. The van der Waals surface area contributed by atoms with Gasteiger partial charge in [0.25, 0.3) is 5.91 Å². The summed E-state index contributed by atoms with van der Waals surface area (Å²) < 4.78 is 7.69. The lowest BCUT2D eigenvalue weighted by atomic mass is 10.1. The molecule has 7 heteroatoms. The molecule has 1 aromatic heterocycles. The van der Waals surface area contributed by atoms with Gasteiger partial charge in [0.1, 0.15) is 6.04 Å². The lowest BCUT2D eigenvalue weighted by Gasteiger charge is -2.19. The summed E-state index contributed by atoms with van der Waals surface area (Å²) in [5, 5.41) is 5.05. The van der Waals surface area contributed by atoms with Crippen LogP contribution < -0.4 is 10.2 Å². The number of aromatic nitrogens is 2. The summed E-state index contributed by atoms with van der Waals surface area (Å²) in [5.41, 5.74) is 2.42. The van der Waals surface area contributed by atoms with Crippen LogP contribution in [0, 0.1) is 0 Å². The predicted molar refractivity (Wildman–Crippen MR) is 127 cm³/mol. The normalized spacial score (nSPS) is 20.0. The number of carbonyl (C=O) groups is 2. The Hall–Kier alpha value is -3.71. The van der Waals surface area contributed by atoms with Crippen LogP contribution in [0.15, 0.2) is 66.7 Å². The van der Waals surface area contributed by atoms with Gasteiger partial charge in [0.2, 0.25) is 11.9 Å². The van der Waals surface area contributed by atoms with E-state index in [0.717, 1.165) is 46.9 Å². The first-order valence-corrected chi connectivity index (χ1v) is 11.4. The predicted octanol–water partition coefficient (Wildman–Crippen LogP) is 4.29. The van der Waals surface area contributed by atoms with Crippen molar-refractivity contribution in [1.82, 2.24) is 9.55 Å². The fraction of sp³-hybridized carbons (Fsp3) is 0.269. The van der Waals surface area contributed by atoms with Gasteiger partial charge in [-0.2, -0.15) is 0 Å². The Balaban J connectivity index is 1.31. The number of carbonyl (C=O) groups excluding carboxylic acids is 2. The largest absolute Gasteiger partial charge is 0.376 e. The van der Waals surface area contributed by atoms with Crippen LogP contribution in [0.5, 0.6) is 0 Å². The molecular formula is C26H24N4O3. The summed E-state index contributed by atoms with van der Waals surface area (Å²) >= 11 is 0. The van der Waals surface area contributed by atoms with Crippen LogP contribution in [-0.4, -0.2) is 40.6 Å². The Kier molecular flexibility index (Phi) is 4.84. The summed E-state index contributed by atoms with van der Waals surface area (Å²) in [6.07, 6.45) is 1.97. The minimum Gasteiger partial charge on any atom is -0.376 e. The molecule has 1 N–H and O–H groups in total. The van der Waals surface area contributed by atoms with E-state index in [9.17, 15) is 9.59 Å². The van der Waals surface area contributed by atoms with Crippen molar-refractivity contribution in [3.05, 3.63) is 66.7 Å².